The lowest BCUT2D eigenvalue weighted by atomic mass is 9.97. The number of fused-ring (bicyclic) bond motifs is 8. The fraction of sp³-hybridized carbons (Fsp3) is 0. The normalized spacial score (nSPS) is 11.7. The van der Waals surface area contributed by atoms with E-state index in [-0.39, 0.29) is 0 Å². The number of hydrogen-bond donors (Lipinski definition) is 0. The van der Waals surface area contributed by atoms with E-state index < -0.39 is 0 Å². The first kappa shape index (κ1) is 36.9. The zero-order valence-electron chi connectivity index (χ0n) is 35.4. The summed E-state index contributed by atoms with van der Waals surface area (Å²) >= 11 is 0. The predicted octanol–water partition coefficient (Wildman–Crippen LogP) is 17.5. The predicted molar refractivity (Wildman–Crippen MR) is 274 cm³/mol. The summed E-state index contributed by atoms with van der Waals surface area (Å²) in [4.78, 5) is 2.38. The van der Waals surface area contributed by atoms with Crippen molar-refractivity contribution in [1.82, 2.24) is 4.57 Å². The maximum absolute atomic E-state index is 6.39. The minimum Gasteiger partial charge on any atom is -0.456 e. The monoisotopic (exact) mass is 828 g/mol. The second-order valence-corrected chi connectivity index (χ2v) is 16.9. The van der Waals surface area contributed by atoms with E-state index in [0.717, 1.165) is 61.3 Å². The summed E-state index contributed by atoms with van der Waals surface area (Å²) in [6.07, 6.45) is 0. The number of rotatable bonds is 7. The molecule has 0 aliphatic rings. The Morgan fingerprint density at radius 3 is 1.52 bits per heavy atom. The average molecular weight is 829 g/mol. The molecule has 0 bridgehead atoms. The summed E-state index contributed by atoms with van der Waals surface area (Å²) < 4.78 is 8.77. The Bertz CT molecular complexity index is 3820. The summed E-state index contributed by atoms with van der Waals surface area (Å²) in [6, 6.07) is 87.8. The van der Waals surface area contributed by atoms with Crippen molar-refractivity contribution in [1.29, 1.82) is 0 Å². The first-order valence-corrected chi connectivity index (χ1v) is 22.2. The Balaban J connectivity index is 0.953. The van der Waals surface area contributed by atoms with Crippen LogP contribution in [0.25, 0.3) is 104 Å². The van der Waals surface area contributed by atoms with Gasteiger partial charge in [-0.1, -0.05) is 170 Å². The quantitative estimate of drug-likeness (QED) is 0.160. The van der Waals surface area contributed by atoms with Crippen LogP contribution < -0.4 is 4.90 Å². The minimum absolute atomic E-state index is 0.883. The van der Waals surface area contributed by atoms with Crippen LogP contribution in [0.4, 0.5) is 17.1 Å². The van der Waals surface area contributed by atoms with Crippen molar-refractivity contribution in [3.63, 3.8) is 0 Å². The molecular weight excluding hydrogens is 789 g/mol. The molecule has 0 unspecified atom stereocenters. The van der Waals surface area contributed by atoms with Gasteiger partial charge in [0.15, 0.2) is 0 Å². The largest absolute Gasteiger partial charge is 0.456 e. The maximum atomic E-state index is 6.39. The number of aromatic nitrogens is 1. The van der Waals surface area contributed by atoms with Gasteiger partial charge in [0, 0.05) is 50.4 Å². The van der Waals surface area contributed by atoms with Crippen LogP contribution in [0.2, 0.25) is 0 Å². The van der Waals surface area contributed by atoms with Crippen LogP contribution in [0.1, 0.15) is 0 Å². The van der Waals surface area contributed by atoms with Crippen molar-refractivity contribution in [2.45, 2.75) is 0 Å². The fourth-order valence-electron chi connectivity index (χ4n) is 10.2. The molecule has 13 rings (SSSR count). The summed E-state index contributed by atoms with van der Waals surface area (Å²) in [5, 5.41) is 9.67. The van der Waals surface area contributed by atoms with Gasteiger partial charge in [-0.3, -0.25) is 0 Å². The second-order valence-electron chi connectivity index (χ2n) is 16.9. The average Bonchev–Trinajstić information content (AvgIpc) is 3.92. The molecule has 0 saturated heterocycles. The van der Waals surface area contributed by atoms with Gasteiger partial charge in [-0.05, 0) is 122 Å². The van der Waals surface area contributed by atoms with Gasteiger partial charge < -0.3 is 13.9 Å². The van der Waals surface area contributed by atoms with E-state index in [0.29, 0.717) is 0 Å². The van der Waals surface area contributed by atoms with Crippen LogP contribution in [0.3, 0.4) is 0 Å². The van der Waals surface area contributed by atoms with Crippen molar-refractivity contribution in [2.75, 3.05) is 4.90 Å². The summed E-state index contributed by atoms with van der Waals surface area (Å²) in [6.45, 7) is 0. The van der Waals surface area contributed by atoms with Crippen LogP contribution in [0.5, 0.6) is 0 Å². The number of benzene rings is 11. The van der Waals surface area contributed by atoms with Crippen LogP contribution in [0.15, 0.2) is 247 Å². The van der Waals surface area contributed by atoms with Gasteiger partial charge >= 0.3 is 0 Å². The third kappa shape index (κ3) is 6.12. The van der Waals surface area contributed by atoms with Gasteiger partial charge in [0.05, 0.1) is 11.0 Å². The lowest BCUT2D eigenvalue weighted by molar-refractivity contribution is 0.668. The topological polar surface area (TPSA) is 21.3 Å². The highest BCUT2D eigenvalue weighted by Gasteiger charge is 2.20. The van der Waals surface area contributed by atoms with Crippen molar-refractivity contribution in [3.05, 3.63) is 243 Å². The molecule has 13 aromatic rings. The molecule has 3 nitrogen and oxygen atoms in total. The third-order valence-electron chi connectivity index (χ3n) is 13.2. The molecule has 0 aliphatic heterocycles. The summed E-state index contributed by atoms with van der Waals surface area (Å²) in [5.74, 6) is 0. The lowest BCUT2D eigenvalue weighted by Gasteiger charge is -2.26. The Morgan fingerprint density at radius 2 is 0.831 bits per heavy atom. The number of anilines is 3. The Hall–Kier alpha value is -8.66. The lowest BCUT2D eigenvalue weighted by Crippen LogP contribution is -2.10. The zero-order chi connectivity index (χ0) is 42.8. The molecule has 2 heterocycles. The van der Waals surface area contributed by atoms with Gasteiger partial charge in [-0.25, -0.2) is 0 Å². The molecular formula is C62H40N2O. The standard InChI is InChI=1S/C62H40N2O/c1-3-19-50-41(13-1)15-10-23-52(50)43-29-33-46(34-30-43)63(47-35-31-44(32-36-47)53-24-11-16-42-14-2-4-20-51(42)53)48-18-9-17-45(39-48)54-25-12-27-59-62(54)57-22-5-7-26-58(57)64(59)49-37-38-56-55-21-6-8-28-60(55)65-61(56)40-49/h1-40H. The van der Waals surface area contributed by atoms with Crippen LogP contribution in [0, 0.1) is 0 Å². The minimum atomic E-state index is 0.883. The number of nitrogens with zero attached hydrogens (tertiary/aromatic N) is 2. The van der Waals surface area contributed by atoms with E-state index in [2.05, 4.69) is 240 Å². The molecule has 0 atom stereocenters. The van der Waals surface area contributed by atoms with E-state index in [1.54, 1.807) is 0 Å². The van der Waals surface area contributed by atoms with Gasteiger partial charge in [0.2, 0.25) is 0 Å². The molecule has 0 radical (unpaired) electrons. The molecule has 3 heteroatoms. The maximum Gasteiger partial charge on any atom is 0.137 e. The SMILES string of the molecule is c1cc(-c2cccc3c2c2ccccc2n3-c2ccc3c(c2)oc2ccccc23)cc(N(c2ccc(-c3cccc4ccccc34)cc2)c2ccc(-c3cccc4ccccc34)cc2)c1. The summed E-state index contributed by atoms with van der Waals surface area (Å²) in [5.41, 5.74) is 15.6. The molecule has 65 heavy (non-hydrogen) atoms. The Morgan fingerprint density at radius 1 is 0.308 bits per heavy atom. The second kappa shape index (κ2) is 15.0. The van der Waals surface area contributed by atoms with E-state index in [1.165, 1.54) is 60.1 Å². The highest BCUT2D eigenvalue weighted by Crippen LogP contribution is 2.43. The zero-order valence-corrected chi connectivity index (χ0v) is 35.4. The van der Waals surface area contributed by atoms with E-state index in [4.69, 9.17) is 4.42 Å². The van der Waals surface area contributed by atoms with E-state index >= 15 is 0 Å². The molecule has 0 amide bonds. The van der Waals surface area contributed by atoms with Crippen LogP contribution in [-0.2, 0) is 0 Å². The van der Waals surface area contributed by atoms with Gasteiger partial charge in [0.25, 0.3) is 0 Å². The molecule has 0 fully saturated rings. The van der Waals surface area contributed by atoms with Gasteiger partial charge in [-0.15, -0.1) is 0 Å². The molecule has 0 spiro atoms. The highest BCUT2D eigenvalue weighted by molar-refractivity contribution is 6.16. The van der Waals surface area contributed by atoms with Crippen molar-refractivity contribution < 1.29 is 4.42 Å². The molecule has 0 N–H and O–H groups in total. The number of para-hydroxylation sites is 2. The first-order valence-electron chi connectivity index (χ1n) is 22.2. The molecule has 0 aliphatic carbocycles. The van der Waals surface area contributed by atoms with Gasteiger partial charge in [-0.2, -0.15) is 0 Å². The number of hydrogen-bond acceptors (Lipinski definition) is 2. The smallest absolute Gasteiger partial charge is 0.137 e. The van der Waals surface area contributed by atoms with Crippen LogP contribution in [-0.4, -0.2) is 4.57 Å². The van der Waals surface area contributed by atoms with Crippen molar-refractivity contribution in [2.24, 2.45) is 0 Å². The Labute approximate surface area is 376 Å². The third-order valence-corrected chi connectivity index (χ3v) is 13.2. The molecule has 0 saturated carbocycles. The van der Waals surface area contributed by atoms with Crippen molar-refractivity contribution in [3.8, 4) is 39.1 Å². The van der Waals surface area contributed by atoms with E-state index in [1.807, 2.05) is 12.1 Å². The van der Waals surface area contributed by atoms with E-state index in [9.17, 15) is 0 Å². The molecule has 11 aromatic carbocycles. The highest BCUT2D eigenvalue weighted by atomic mass is 16.3. The molecule has 2 aromatic heterocycles. The van der Waals surface area contributed by atoms with Crippen LogP contribution >= 0.6 is 0 Å². The Kier molecular flexibility index (Phi) is 8.53. The fourth-order valence-corrected chi connectivity index (χ4v) is 10.2. The molecule has 304 valence electrons. The number of furan rings is 1. The summed E-state index contributed by atoms with van der Waals surface area (Å²) in [7, 11) is 0. The van der Waals surface area contributed by atoms with Crippen molar-refractivity contribution >= 4 is 82.4 Å². The van der Waals surface area contributed by atoms with Gasteiger partial charge in [0.1, 0.15) is 11.2 Å². The first-order chi connectivity index (χ1) is 32.2.